The van der Waals surface area contributed by atoms with Crippen LogP contribution in [0.4, 0.5) is 4.39 Å². The van der Waals surface area contributed by atoms with Crippen molar-refractivity contribution in [1.29, 1.82) is 0 Å². The van der Waals surface area contributed by atoms with Crippen molar-refractivity contribution in [3.05, 3.63) is 67.4 Å². The lowest BCUT2D eigenvalue weighted by Gasteiger charge is -2.26. The van der Waals surface area contributed by atoms with Crippen LogP contribution in [-0.4, -0.2) is 28.4 Å². The van der Waals surface area contributed by atoms with Gasteiger partial charge in [0.25, 0.3) is 5.56 Å². The Morgan fingerprint density at radius 1 is 1.36 bits per heavy atom. The molecule has 1 aromatic carbocycles. The van der Waals surface area contributed by atoms with Crippen molar-refractivity contribution < 1.29 is 13.9 Å². The number of alkyl halides is 1. The second-order valence-electron chi connectivity index (χ2n) is 6.05. The summed E-state index contributed by atoms with van der Waals surface area (Å²) in [6, 6.07) is 9.59. The van der Waals surface area contributed by atoms with Crippen LogP contribution in [0.1, 0.15) is 24.6 Å². The van der Waals surface area contributed by atoms with Crippen LogP contribution in [0.3, 0.4) is 0 Å². The summed E-state index contributed by atoms with van der Waals surface area (Å²) in [5, 5.41) is 0. The molecular formula is C17H18BrFN2O4. The summed E-state index contributed by atoms with van der Waals surface area (Å²) in [5.74, 6) is 0. The molecule has 0 spiro atoms. The Balaban J connectivity index is 1.67. The molecule has 8 heteroatoms. The Kier molecular flexibility index (Phi) is 5.51. The maximum absolute atomic E-state index is 13.7. The fourth-order valence-electron chi connectivity index (χ4n) is 2.84. The van der Waals surface area contributed by atoms with Gasteiger partial charge in [0.05, 0.1) is 17.7 Å². The number of rotatable bonds is 6. The van der Waals surface area contributed by atoms with Gasteiger partial charge in [0.15, 0.2) is 0 Å². The second kappa shape index (κ2) is 7.63. The molecular weight excluding hydrogens is 395 g/mol. The standard InChI is InChI=1S/C17H18BrFN2O4/c18-13-8-21(16(23)20-15(13)22)14-6-7-17(10-19,25-14)11-24-9-12-4-2-1-3-5-12/h1-5,8,14H,6-7,9-11H2,(H,20,22,23)/t14-,17+/m0/s1. The van der Waals surface area contributed by atoms with E-state index in [9.17, 15) is 14.0 Å². The molecule has 2 aromatic rings. The molecule has 0 amide bonds. The zero-order chi connectivity index (χ0) is 17.9. The highest BCUT2D eigenvalue weighted by atomic mass is 79.9. The molecule has 1 aromatic heterocycles. The lowest BCUT2D eigenvalue weighted by molar-refractivity contribution is -0.125. The first-order chi connectivity index (χ1) is 12.0. The van der Waals surface area contributed by atoms with E-state index in [1.54, 1.807) is 0 Å². The molecule has 0 saturated carbocycles. The minimum absolute atomic E-state index is 0.0914. The Labute approximate surface area is 151 Å². The van der Waals surface area contributed by atoms with Crippen molar-refractivity contribution in [3.63, 3.8) is 0 Å². The number of nitrogens with zero attached hydrogens (tertiary/aromatic N) is 1. The largest absolute Gasteiger partial charge is 0.374 e. The van der Waals surface area contributed by atoms with Gasteiger partial charge < -0.3 is 9.47 Å². The summed E-state index contributed by atoms with van der Waals surface area (Å²) in [6.45, 7) is -0.257. The Bertz CT molecular complexity index is 839. The van der Waals surface area contributed by atoms with Gasteiger partial charge in [-0.3, -0.25) is 14.3 Å². The smallest absolute Gasteiger partial charge is 0.330 e. The minimum Gasteiger partial charge on any atom is -0.374 e. The normalized spacial score (nSPS) is 23.0. The highest BCUT2D eigenvalue weighted by Gasteiger charge is 2.42. The zero-order valence-electron chi connectivity index (χ0n) is 13.4. The van der Waals surface area contributed by atoms with Gasteiger partial charge in [-0.25, -0.2) is 9.18 Å². The lowest BCUT2D eigenvalue weighted by Crippen LogP contribution is -2.39. The Morgan fingerprint density at radius 3 is 2.84 bits per heavy atom. The molecule has 2 heterocycles. The van der Waals surface area contributed by atoms with Crippen molar-refractivity contribution in [3.8, 4) is 0 Å². The molecule has 134 valence electrons. The van der Waals surface area contributed by atoms with E-state index in [4.69, 9.17) is 9.47 Å². The van der Waals surface area contributed by atoms with Crippen LogP contribution in [0.5, 0.6) is 0 Å². The molecule has 2 atom stereocenters. The summed E-state index contributed by atoms with van der Waals surface area (Å²) in [5.41, 5.74) is -1.19. The summed E-state index contributed by atoms with van der Waals surface area (Å²) < 4.78 is 26.6. The first-order valence-electron chi connectivity index (χ1n) is 7.89. The Hall–Kier alpha value is -1.77. The lowest BCUT2D eigenvalue weighted by atomic mass is 10.0. The van der Waals surface area contributed by atoms with Crippen LogP contribution >= 0.6 is 15.9 Å². The van der Waals surface area contributed by atoms with E-state index in [0.717, 1.165) is 5.56 Å². The molecule has 0 bridgehead atoms. The van der Waals surface area contributed by atoms with E-state index in [1.807, 2.05) is 30.3 Å². The van der Waals surface area contributed by atoms with Gasteiger partial charge in [0.2, 0.25) is 0 Å². The number of hydrogen-bond donors (Lipinski definition) is 1. The maximum Gasteiger partial charge on any atom is 0.330 e. The summed E-state index contributed by atoms with van der Waals surface area (Å²) in [4.78, 5) is 25.6. The quantitative estimate of drug-likeness (QED) is 0.790. The second-order valence-corrected chi connectivity index (χ2v) is 6.90. The predicted octanol–water partition coefficient (Wildman–Crippen LogP) is 2.53. The summed E-state index contributed by atoms with van der Waals surface area (Å²) in [6.07, 6.45) is 1.60. The van der Waals surface area contributed by atoms with Crippen molar-refractivity contribution >= 4 is 15.9 Å². The van der Waals surface area contributed by atoms with Crippen molar-refractivity contribution in [2.75, 3.05) is 13.3 Å². The molecule has 1 aliphatic heterocycles. The van der Waals surface area contributed by atoms with Crippen molar-refractivity contribution in [2.24, 2.45) is 0 Å². The van der Waals surface area contributed by atoms with Crippen LogP contribution < -0.4 is 11.2 Å². The topological polar surface area (TPSA) is 73.3 Å². The first kappa shape index (κ1) is 18.0. The van der Waals surface area contributed by atoms with Crippen LogP contribution in [-0.2, 0) is 16.1 Å². The van der Waals surface area contributed by atoms with E-state index in [-0.39, 0.29) is 11.1 Å². The number of halogens is 2. The van der Waals surface area contributed by atoms with Crippen LogP contribution in [0.15, 0.2) is 50.6 Å². The molecule has 1 fully saturated rings. The van der Waals surface area contributed by atoms with Crippen molar-refractivity contribution in [2.45, 2.75) is 31.3 Å². The molecule has 1 saturated heterocycles. The minimum atomic E-state index is -1.08. The average molecular weight is 413 g/mol. The number of hydrogen-bond acceptors (Lipinski definition) is 4. The number of nitrogens with one attached hydrogen (secondary N) is 1. The van der Waals surface area contributed by atoms with Crippen LogP contribution in [0.25, 0.3) is 0 Å². The fourth-order valence-corrected chi connectivity index (χ4v) is 3.16. The molecule has 0 radical (unpaired) electrons. The number of H-pyrrole nitrogens is 1. The van der Waals surface area contributed by atoms with Gasteiger partial charge in [0.1, 0.15) is 18.5 Å². The highest BCUT2D eigenvalue weighted by molar-refractivity contribution is 9.10. The number of ether oxygens (including phenoxy) is 2. The highest BCUT2D eigenvalue weighted by Crippen LogP contribution is 2.36. The molecule has 0 unspecified atom stereocenters. The first-order valence-corrected chi connectivity index (χ1v) is 8.69. The monoisotopic (exact) mass is 412 g/mol. The Morgan fingerprint density at radius 2 is 2.12 bits per heavy atom. The van der Waals surface area contributed by atoms with Crippen molar-refractivity contribution in [1.82, 2.24) is 9.55 Å². The van der Waals surface area contributed by atoms with E-state index >= 15 is 0 Å². The SMILES string of the molecule is O=c1[nH]c(=O)n([C@@H]2CC[C@@](CF)(COCc3ccccc3)O2)cc1Br. The van der Waals surface area contributed by atoms with Gasteiger partial charge >= 0.3 is 5.69 Å². The summed E-state index contributed by atoms with van der Waals surface area (Å²) in [7, 11) is 0. The molecule has 25 heavy (non-hydrogen) atoms. The average Bonchev–Trinajstić information content (AvgIpc) is 3.04. The third-order valence-electron chi connectivity index (χ3n) is 4.19. The van der Waals surface area contributed by atoms with E-state index in [0.29, 0.717) is 19.4 Å². The zero-order valence-corrected chi connectivity index (χ0v) is 15.0. The number of aromatic amines is 1. The van der Waals surface area contributed by atoms with Crippen LogP contribution in [0.2, 0.25) is 0 Å². The predicted molar refractivity (Wildman–Crippen MR) is 93.2 cm³/mol. The van der Waals surface area contributed by atoms with E-state index in [1.165, 1.54) is 10.8 Å². The van der Waals surface area contributed by atoms with Gasteiger partial charge in [-0.05, 0) is 34.3 Å². The molecule has 1 aliphatic rings. The van der Waals surface area contributed by atoms with Crippen LogP contribution in [0, 0.1) is 0 Å². The number of benzene rings is 1. The van der Waals surface area contributed by atoms with Gasteiger partial charge in [0, 0.05) is 6.20 Å². The fraction of sp³-hybridized carbons (Fsp3) is 0.412. The van der Waals surface area contributed by atoms with E-state index in [2.05, 4.69) is 20.9 Å². The molecule has 1 N–H and O–H groups in total. The third kappa shape index (κ3) is 4.08. The third-order valence-corrected chi connectivity index (χ3v) is 4.75. The number of aromatic nitrogens is 2. The maximum atomic E-state index is 13.7. The molecule has 3 rings (SSSR count). The molecule has 6 nitrogen and oxygen atoms in total. The van der Waals surface area contributed by atoms with E-state index < -0.39 is 29.8 Å². The van der Waals surface area contributed by atoms with Gasteiger partial charge in [-0.15, -0.1) is 0 Å². The van der Waals surface area contributed by atoms with Gasteiger partial charge in [-0.1, -0.05) is 30.3 Å². The van der Waals surface area contributed by atoms with Gasteiger partial charge in [-0.2, -0.15) is 0 Å². The summed E-state index contributed by atoms with van der Waals surface area (Å²) >= 11 is 3.08. The molecule has 0 aliphatic carbocycles.